The summed E-state index contributed by atoms with van der Waals surface area (Å²) in [5, 5.41) is 7.80. The van der Waals surface area contributed by atoms with Crippen molar-refractivity contribution in [2.75, 3.05) is 32.8 Å². The zero-order valence-corrected chi connectivity index (χ0v) is 18.7. The van der Waals surface area contributed by atoms with E-state index in [9.17, 15) is 4.79 Å². The Morgan fingerprint density at radius 2 is 2.03 bits per heavy atom. The summed E-state index contributed by atoms with van der Waals surface area (Å²) in [6.07, 6.45) is 4.21. The second-order valence-electron chi connectivity index (χ2n) is 8.72. The Hall–Kier alpha value is -1.93. The van der Waals surface area contributed by atoms with Crippen molar-refractivity contribution >= 4 is 17.7 Å². The molecule has 4 fully saturated rings. The van der Waals surface area contributed by atoms with Gasteiger partial charge in [0, 0.05) is 40.8 Å². The summed E-state index contributed by atoms with van der Waals surface area (Å²) in [7, 11) is 0. The van der Waals surface area contributed by atoms with E-state index < -0.39 is 0 Å². The number of hydrogen-bond donors (Lipinski definition) is 2. The van der Waals surface area contributed by atoms with Crippen molar-refractivity contribution in [1.82, 2.24) is 20.5 Å². The molecule has 6 rings (SSSR count). The summed E-state index contributed by atoms with van der Waals surface area (Å²) in [5.41, 5.74) is 1.88. The first kappa shape index (κ1) is 20.9. The molecule has 2 N–H and O–H groups in total. The van der Waals surface area contributed by atoms with Crippen LogP contribution in [0, 0.1) is 5.92 Å². The van der Waals surface area contributed by atoms with Crippen molar-refractivity contribution in [3.8, 4) is 0 Å². The summed E-state index contributed by atoms with van der Waals surface area (Å²) in [6, 6.07) is 12.8. The van der Waals surface area contributed by atoms with Crippen LogP contribution in [0.1, 0.15) is 41.7 Å². The van der Waals surface area contributed by atoms with Crippen LogP contribution in [0.4, 0.5) is 0 Å². The highest BCUT2D eigenvalue weighted by atomic mass is 32.2. The molecular formula is C24H30N4O2S. The van der Waals surface area contributed by atoms with E-state index >= 15 is 0 Å². The van der Waals surface area contributed by atoms with Crippen LogP contribution in [-0.2, 0) is 4.74 Å². The van der Waals surface area contributed by atoms with Gasteiger partial charge in [-0.25, -0.2) is 4.98 Å². The number of fused-ring (bicyclic) bond motifs is 3. The van der Waals surface area contributed by atoms with E-state index in [4.69, 9.17) is 4.74 Å². The first-order chi connectivity index (χ1) is 15.2. The van der Waals surface area contributed by atoms with Crippen LogP contribution < -0.4 is 10.6 Å². The fourth-order valence-corrected chi connectivity index (χ4v) is 6.02. The quantitative estimate of drug-likeness (QED) is 0.748. The van der Waals surface area contributed by atoms with Gasteiger partial charge in [0.05, 0.1) is 19.3 Å². The van der Waals surface area contributed by atoms with E-state index in [1.165, 1.54) is 25.9 Å². The Balaban J connectivity index is 1.25. The molecule has 6 nitrogen and oxygen atoms in total. The smallest absolute Gasteiger partial charge is 0.251 e. The maximum absolute atomic E-state index is 12.9. The molecule has 0 aliphatic carbocycles. The maximum atomic E-state index is 12.9. The number of ether oxygens (including phenoxy) is 1. The molecule has 5 heterocycles. The first-order valence-corrected chi connectivity index (χ1v) is 12.1. The van der Waals surface area contributed by atoms with Gasteiger partial charge in [0.2, 0.25) is 0 Å². The van der Waals surface area contributed by atoms with Crippen molar-refractivity contribution in [3.63, 3.8) is 0 Å². The molecule has 3 atom stereocenters. The average Bonchev–Trinajstić information content (AvgIpc) is 2.83. The van der Waals surface area contributed by atoms with E-state index in [0.29, 0.717) is 18.6 Å². The van der Waals surface area contributed by atoms with Crippen LogP contribution >= 0.6 is 11.8 Å². The fraction of sp³-hybridized carbons (Fsp3) is 0.500. The second kappa shape index (κ2) is 9.28. The van der Waals surface area contributed by atoms with E-state index in [0.717, 1.165) is 34.2 Å². The van der Waals surface area contributed by atoms with Gasteiger partial charge >= 0.3 is 0 Å². The topological polar surface area (TPSA) is 66.5 Å². The van der Waals surface area contributed by atoms with Crippen LogP contribution in [0.2, 0.25) is 0 Å². The van der Waals surface area contributed by atoms with Crippen LogP contribution in [0.5, 0.6) is 0 Å². The molecule has 31 heavy (non-hydrogen) atoms. The van der Waals surface area contributed by atoms with Crippen LogP contribution in [0.25, 0.3) is 0 Å². The standard InChI is InChI=1S/C24H30N4O2S/c1-16-22(17-8-12-28(16)13-9-17)27-23(29)18-4-6-19(7-5-18)31-24-20(3-2-10-26-24)21-15-30-14-11-25-21/h2-7,10,16-17,21-22,25H,8-9,11-15H2,1H3,(H,27,29)/t16-,21?,22-/m0/s1. The Bertz CT molecular complexity index is 906. The minimum atomic E-state index is 0.0317. The number of amides is 1. The van der Waals surface area contributed by atoms with Gasteiger partial charge in [0.1, 0.15) is 5.03 Å². The van der Waals surface area contributed by atoms with Crippen LogP contribution in [0.3, 0.4) is 0 Å². The van der Waals surface area contributed by atoms with Gasteiger partial charge in [0.15, 0.2) is 0 Å². The molecular weight excluding hydrogens is 408 g/mol. The number of carbonyl (C=O) groups is 1. The Morgan fingerprint density at radius 3 is 2.74 bits per heavy atom. The number of aromatic nitrogens is 1. The second-order valence-corrected chi connectivity index (χ2v) is 9.78. The van der Waals surface area contributed by atoms with Gasteiger partial charge in [-0.3, -0.25) is 9.69 Å². The van der Waals surface area contributed by atoms with Crippen molar-refractivity contribution < 1.29 is 9.53 Å². The summed E-state index contributed by atoms with van der Waals surface area (Å²) in [4.78, 5) is 21.1. The van der Waals surface area contributed by atoms with Crippen molar-refractivity contribution in [2.24, 2.45) is 5.92 Å². The molecule has 1 aromatic heterocycles. The van der Waals surface area contributed by atoms with Gasteiger partial charge < -0.3 is 15.4 Å². The van der Waals surface area contributed by atoms with E-state index in [1.54, 1.807) is 11.8 Å². The average molecular weight is 439 g/mol. The molecule has 0 radical (unpaired) electrons. The lowest BCUT2D eigenvalue weighted by Crippen LogP contribution is -2.62. The van der Waals surface area contributed by atoms with Crippen molar-refractivity contribution in [1.29, 1.82) is 0 Å². The number of hydrogen-bond acceptors (Lipinski definition) is 6. The molecule has 1 unspecified atom stereocenters. The maximum Gasteiger partial charge on any atom is 0.251 e. The molecule has 0 spiro atoms. The number of benzene rings is 1. The molecule has 2 bridgehead atoms. The first-order valence-electron chi connectivity index (χ1n) is 11.3. The molecule has 1 aromatic carbocycles. The summed E-state index contributed by atoms with van der Waals surface area (Å²) < 4.78 is 5.62. The summed E-state index contributed by atoms with van der Waals surface area (Å²) in [6.45, 7) is 6.85. The zero-order chi connectivity index (χ0) is 21.2. The lowest BCUT2D eigenvalue weighted by atomic mass is 9.79. The number of nitrogens with one attached hydrogen (secondary N) is 2. The molecule has 1 amide bonds. The molecule has 4 saturated heterocycles. The predicted molar refractivity (Wildman–Crippen MR) is 121 cm³/mol. The Kier molecular flexibility index (Phi) is 6.27. The van der Waals surface area contributed by atoms with Crippen molar-refractivity contribution in [2.45, 2.75) is 47.8 Å². The third-order valence-corrected chi connectivity index (χ3v) is 7.95. The van der Waals surface area contributed by atoms with Gasteiger partial charge in [-0.15, -0.1) is 0 Å². The minimum Gasteiger partial charge on any atom is -0.378 e. The third-order valence-electron chi connectivity index (χ3n) is 6.90. The monoisotopic (exact) mass is 438 g/mol. The van der Waals surface area contributed by atoms with E-state index in [2.05, 4.69) is 33.5 Å². The molecule has 164 valence electrons. The number of morpholine rings is 1. The zero-order valence-electron chi connectivity index (χ0n) is 17.9. The van der Waals surface area contributed by atoms with Crippen LogP contribution in [-0.4, -0.2) is 60.7 Å². The highest BCUT2D eigenvalue weighted by molar-refractivity contribution is 7.99. The number of carbonyl (C=O) groups excluding carboxylic acids is 1. The lowest BCUT2D eigenvalue weighted by Gasteiger charge is -2.49. The molecule has 4 aliphatic rings. The Labute approximate surface area is 188 Å². The van der Waals surface area contributed by atoms with Gasteiger partial charge in [0.25, 0.3) is 5.91 Å². The largest absolute Gasteiger partial charge is 0.378 e. The highest BCUT2D eigenvalue weighted by Gasteiger charge is 2.40. The van der Waals surface area contributed by atoms with Gasteiger partial charge in [-0.1, -0.05) is 17.8 Å². The third kappa shape index (κ3) is 4.51. The molecule has 2 aromatic rings. The highest BCUT2D eigenvalue weighted by Crippen LogP contribution is 2.34. The molecule has 0 saturated carbocycles. The normalized spacial score (nSPS) is 30.2. The minimum absolute atomic E-state index is 0.0317. The van der Waals surface area contributed by atoms with Crippen molar-refractivity contribution in [3.05, 3.63) is 53.7 Å². The SMILES string of the molecule is C[C@H]1[C@H](NC(=O)c2ccc(Sc3ncccc3C3COCCN3)cc2)C2CCN1CC2. The lowest BCUT2D eigenvalue weighted by molar-refractivity contribution is 0.0217. The van der Waals surface area contributed by atoms with Gasteiger partial charge in [-0.05, 0) is 69.1 Å². The number of piperidine rings is 3. The predicted octanol–water partition coefficient (Wildman–Crippen LogP) is 3.11. The molecule has 4 aliphatic heterocycles. The molecule has 7 heteroatoms. The summed E-state index contributed by atoms with van der Waals surface area (Å²) >= 11 is 1.63. The van der Waals surface area contributed by atoms with E-state index in [1.807, 2.05) is 36.5 Å². The number of pyridine rings is 1. The number of rotatable bonds is 5. The summed E-state index contributed by atoms with van der Waals surface area (Å²) in [5.74, 6) is 0.642. The fourth-order valence-electron chi connectivity index (χ4n) is 5.08. The van der Waals surface area contributed by atoms with Crippen LogP contribution in [0.15, 0.2) is 52.5 Å². The number of nitrogens with zero attached hydrogens (tertiary/aromatic N) is 2. The Morgan fingerprint density at radius 1 is 1.23 bits per heavy atom. The van der Waals surface area contributed by atoms with Gasteiger partial charge in [-0.2, -0.15) is 0 Å². The van der Waals surface area contributed by atoms with E-state index in [-0.39, 0.29) is 18.0 Å².